The van der Waals surface area contributed by atoms with Crippen molar-refractivity contribution in [2.45, 2.75) is 14.9 Å². The summed E-state index contributed by atoms with van der Waals surface area (Å²) in [5, 5.41) is 18.6. The van der Waals surface area contributed by atoms with Crippen molar-refractivity contribution in [1.82, 2.24) is 13.7 Å². The second-order valence-electron chi connectivity index (χ2n) is 23.4. The van der Waals surface area contributed by atoms with Crippen LogP contribution < -0.4 is 20.7 Å². The van der Waals surface area contributed by atoms with Crippen LogP contribution in [0.1, 0.15) is 14.9 Å². The van der Waals surface area contributed by atoms with E-state index in [4.69, 9.17) is 0 Å². The van der Waals surface area contributed by atoms with E-state index < -0.39 is 8.07 Å². The summed E-state index contributed by atoms with van der Waals surface area (Å²) in [6.07, 6.45) is 0. The molecule has 0 atom stereocenters. The van der Waals surface area contributed by atoms with E-state index in [2.05, 4.69) is 347 Å². The van der Waals surface area contributed by atoms with E-state index in [9.17, 15) is 0 Å². The topological polar surface area (TPSA) is 14.8 Å². The zero-order valence-corrected chi connectivity index (χ0v) is 51.5. The summed E-state index contributed by atoms with van der Waals surface area (Å²) in [6, 6.07) is 123. The van der Waals surface area contributed by atoms with Crippen molar-refractivity contribution in [3.63, 3.8) is 0 Å². The molecule has 0 bridgehead atoms. The molecule has 3 nitrogen and oxygen atoms in total. The van der Waals surface area contributed by atoms with Gasteiger partial charge in [0, 0.05) is 79.3 Å². The number of para-hydroxylation sites is 5. The Balaban J connectivity index is 0.000000143. The van der Waals surface area contributed by atoms with Gasteiger partial charge in [-0.25, -0.2) is 0 Å². The number of hydrogen-bond acceptors (Lipinski definition) is 2. The molecule has 0 N–H and O–H groups in total. The molecule has 0 saturated heterocycles. The first-order valence-electron chi connectivity index (χ1n) is 30.8. The Morgan fingerprint density at radius 3 is 1.13 bits per heavy atom. The van der Waals surface area contributed by atoms with Gasteiger partial charge in [0.05, 0.1) is 43.5 Å². The van der Waals surface area contributed by atoms with Gasteiger partial charge in [-0.3, -0.25) is 0 Å². The Hall–Kier alpha value is -10.9. The van der Waals surface area contributed by atoms with Crippen LogP contribution in [0.3, 0.4) is 0 Å². The first-order valence-corrected chi connectivity index (χ1v) is 34.4. The fourth-order valence-electron chi connectivity index (χ4n) is 14.8. The summed E-state index contributed by atoms with van der Waals surface area (Å²) in [5.74, 6) is 0. The molecule has 0 aliphatic carbocycles. The van der Waals surface area contributed by atoms with E-state index >= 15 is 0 Å². The van der Waals surface area contributed by atoms with E-state index in [1.165, 1.54) is 155 Å². The highest BCUT2D eigenvalue weighted by Crippen LogP contribution is 2.43. The fourth-order valence-corrected chi connectivity index (χ4v) is 22.6. The summed E-state index contributed by atoms with van der Waals surface area (Å²) in [5.41, 5.74) is 13.4. The summed E-state index contributed by atoms with van der Waals surface area (Å²) < 4.78 is 12.7. The van der Waals surface area contributed by atoms with Crippen molar-refractivity contribution in [1.29, 1.82) is 0 Å². The van der Waals surface area contributed by atoms with Crippen molar-refractivity contribution in [2.75, 3.05) is 0 Å². The molecule has 0 aliphatic heterocycles. The molecule has 5 aromatic heterocycles. The predicted molar refractivity (Wildman–Crippen MR) is 404 cm³/mol. The van der Waals surface area contributed by atoms with E-state index in [-0.39, 0.29) is 14.9 Å². The Bertz CT molecular complexity index is 5900. The van der Waals surface area contributed by atoms with Gasteiger partial charge in [-0.1, -0.05) is 258 Å². The summed E-state index contributed by atoms with van der Waals surface area (Å²) in [6.45, 7) is 0. The highest BCUT2D eigenvalue weighted by atomic mass is 32.1. The third-order valence-electron chi connectivity index (χ3n) is 18.7. The number of fused-ring (bicyclic) bond motifs is 15. The molecule has 19 aromatic rings. The number of benzene rings is 14. The fraction of sp³-hybridized carbons (Fsp3) is 0.0233. The molecule has 0 unspecified atom stereocenters. The molecule has 5 heterocycles. The molecule has 0 amide bonds. The van der Waals surface area contributed by atoms with Crippen molar-refractivity contribution in [3.8, 4) is 28.2 Å². The second-order valence-corrected chi connectivity index (χ2v) is 29.3. The summed E-state index contributed by atoms with van der Waals surface area (Å²) in [7, 11) is -2.81. The van der Waals surface area contributed by atoms with Crippen LogP contribution in [0.25, 0.3) is 134 Å². The van der Waals surface area contributed by atoms with Crippen LogP contribution in [-0.4, -0.2) is 21.8 Å². The summed E-state index contributed by atoms with van der Waals surface area (Å²) >= 11 is 3.82. The molecule has 19 rings (SSSR count). The van der Waals surface area contributed by atoms with Gasteiger partial charge in [-0.2, -0.15) is 0 Å². The molecular weight excluding hydrogens is 1170 g/mol. The number of aromatic nitrogens is 3. The van der Waals surface area contributed by atoms with Crippen LogP contribution in [-0.2, 0) is 0 Å². The molecule has 0 radical (unpaired) electrons. The van der Waals surface area contributed by atoms with Gasteiger partial charge < -0.3 is 13.7 Å². The molecule has 14 aromatic carbocycles. The van der Waals surface area contributed by atoms with Crippen LogP contribution >= 0.6 is 22.7 Å². The van der Waals surface area contributed by atoms with E-state index in [1.807, 2.05) is 22.7 Å². The van der Waals surface area contributed by atoms with Gasteiger partial charge in [0.1, 0.15) is 0 Å². The molecule has 0 fully saturated rings. The predicted octanol–water partition coefficient (Wildman–Crippen LogP) is 21.7. The molecular formula is C86H63N3S2Si. The van der Waals surface area contributed by atoms with Gasteiger partial charge in [-0.15, -0.1) is 22.7 Å². The van der Waals surface area contributed by atoms with Crippen LogP contribution in [0, 0.1) is 0 Å². The van der Waals surface area contributed by atoms with Gasteiger partial charge in [0.2, 0.25) is 0 Å². The minimum Gasteiger partial charge on any atom is -0.309 e. The standard InChI is InChI=1S/C42H26N2S.C42H29NSSi.2CH4/c1-2-11-29(12-3-1)43-36-17-7-4-13-30(36)34-25-27(21-23-38(34)43)28-22-24-39-35(26-28)31-14-5-8-18-37(31)44(39)40-19-10-16-33-32-15-6-9-20-41(32)45-42(33)40;1-3-16-31(17-4-1)45(32-18-5-2-6-19-32,41-28-14-24-37-36-23-9-12-27-40(36)44-42(37)41)33-20-13-15-30(29-33)43-38-25-10-7-21-34(38)35-22-8-11-26-39(35)43;;/h1-26H;1-29H;2*1H4. The highest BCUT2D eigenvalue weighted by Gasteiger charge is 2.43. The molecule has 92 heavy (non-hydrogen) atoms. The van der Waals surface area contributed by atoms with Crippen LogP contribution in [0.5, 0.6) is 0 Å². The Kier molecular flexibility index (Phi) is 14.0. The SMILES string of the molecule is C.C.c1ccc(-n2c3ccccc3c3cc(-c4ccc5c(c4)c4ccccc4n5-c4cccc5c4sc4ccccc45)ccc32)cc1.c1ccc([Si](c2ccccc2)(c2cccc(-n3c4ccccc4c4ccccc43)c2)c2cccc3c2sc2ccccc23)cc1. The third kappa shape index (κ3) is 8.74. The number of nitrogens with zero attached hydrogens (tertiary/aromatic N) is 3. The smallest absolute Gasteiger partial charge is 0.181 e. The molecule has 6 heteroatoms. The first-order chi connectivity index (χ1) is 44.7. The van der Waals surface area contributed by atoms with E-state index in [0.29, 0.717) is 0 Å². The molecule has 0 spiro atoms. The maximum Gasteiger partial charge on any atom is 0.181 e. The number of rotatable bonds is 8. The van der Waals surface area contributed by atoms with E-state index in [0.717, 1.165) is 0 Å². The number of thiophene rings is 2. The third-order valence-corrected chi connectivity index (χ3v) is 26.1. The van der Waals surface area contributed by atoms with E-state index in [1.54, 1.807) is 0 Å². The molecule has 0 aliphatic rings. The van der Waals surface area contributed by atoms with Crippen molar-refractivity contribution >= 4 is 157 Å². The van der Waals surface area contributed by atoms with Gasteiger partial charge in [-0.05, 0) is 123 Å². The van der Waals surface area contributed by atoms with Gasteiger partial charge in [0.15, 0.2) is 8.07 Å². The lowest BCUT2D eigenvalue weighted by molar-refractivity contribution is 1.18. The van der Waals surface area contributed by atoms with Crippen LogP contribution in [0.2, 0.25) is 0 Å². The Morgan fingerprint density at radius 1 is 0.228 bits per heavy atom. The normalized spacial score (nSPS) is 11.7. The average molecular weight is 1230 g/mol. The largest absolute Gasteiger partial charge is 0.309 e. The quantitative estimate of drug-likeness (QED) is 0.106. The Labute approximate surface area is 543 Å². The lowest BCUT2D eigenvalue weighted by atomic mass is 10.0. The average Bonchev–Trinajstić information content (AvgIpc) is 1.10. The minimum absolute atomic E-state index is 0. The highest BCUT2D eigenvalue weighted by molar-refractivity contribution is 7.30. The zero-order valence-electron chi connectivity index (χ0n) is 48.9. The van der Waals surface area contributed by atoms with Gasteiger partial charge >= 0.3 is 0 Å². The van der Waals surface area contributed by atoms with Crippen molar-refractivity contribution < 1.29 is 0 Å². The monoisotopic (exact) mass is 1230 g/mol. The van der Waals surface area contributed by atoms with Crippen molar-refractivity contribution in [2.24, 2.45) is 0 Å². The number of hydrogen-bond donors (Lipinski definition) is 0. The van der Waals surface area contributed by atoms with Crippen LogP contribution in [0.15, 0.2) is 334 Å². The van der Waals surface area contributed by atoms with Crippen molar-refractivity contribution in [3.05, 3.63) is 334 Å². The lowest BCUT2D eigenvalue weighted by Crippen LogP contribution is -2.74. The molecule has 0 saturated carbocycles. The zero-order chi connectivity index (χ0) is 59.3. The second kappa shape index (κ2) is 22.9. The first kappa shape index (κ1) is 56.4. The summed E-state index contributed by atoms with van der Waals surface area (Å²) in [4.78, 5) is 0. The Morgan fingerprint density at radius 2 is 0.587 bits per heavy atom. The minimum atomic E-state index is -2.81. The van der Waals surface area contributed by atoms with Crippen LogP contribution in [0.4, 0.5) is 0 Å². The maximum absolute atomic E-state index is 2.81. The maximum atomic E-state index is 2.48. The molecule has 438 valence electrons. The lowest BCUT2D eigenvalue weighted by Gasteiger charge is -2.35. The van der Waals surface area contributed by atoms with Gasteiger partial charge in [0.25, 0.3) is 0 Å².